The van der Waals surface area contributed by atoms with Gasteiger partial charge < -0.3 is 14.2 Å². The summed E-state index contributed by atoms with van der Waals surface area (Å²) in [6.45, 7) is 9.06. The smallest absolute Gasteiger partial charge is 0.306 e. The van der Waals surface area contributed by atoms with Crippen LogP contribution in [0.25, 0.3) is 0 Å². The van der Waals surface area contributed by atoms with E-state index in [9.17, 15) is 14.4 Å². The molecule has 0 spiro atoms. The minimum atomic E-state index is -0.761. The van der Waals surface area contributed by atoms with Gasteiger partial charge in [-0.05, 0) is 25.2 Å². The van der Waals surface area contributed by atoms with Gasteiger partial charge in [-0.3, -0.25) is 14.4 Å². The SMILES string of the molecule is CCCCCCCCCCCCCCCCCCC(=O)OC[C@@H](COC(=O)CCCCCCCCCCCCCCCC(C)C)OC(=O)CCCCCCCCCCCCCCC. The van der Waals surface area contributed by atoms with E-state index in [0.717, 1.165) is 63.7 Å². The van der Waals surface area contributed by atoms with E-state index in [4.69, 9.17) is 14.2 Å². The van der Waals surface area contributed by atoms with Crippen molar-refractivity contribution in [2.45, 2.75) is 329 Å². The highest BCUT2D eigenvalue weighted by molar-refractivity contribution is 5.71. The summed E-state index contributed by atoms with van der Waals surface area (Å²) < 4.78 is 16.9. The highest BCUT2D eigenvalue weighted by Crippen LogP contribution is 2.18. The second-order valence-corrected chi connectivity index (χ2v) is 20.1. The molecule has 0 heterocycles. The maximum atomic E-state index is 12.8. The summed E-state index contributed by atoms with van der Waals surface area (Å²) in [6.07, 6.45) is 55.1. The summed E-state index contributed by atoms with van der Waals surface area (Å²) in [6, 6.07) is 0. The average Bonchev–Trinajstić information content (AvgIpc) is 3.27. The number of carbonyl (C=O) groups excluding carboxylic acids is 3. The van der Waals surface area contributed by atoms with Crippen LogP contribution in [0.1, 0.15) is 323 Å². The standard InChI is InChI=1S/C57H110O6/c1-5-7-9-11-13-15-17-19-20-21-25-28-32-36-40-44-48-55(58)61-51-54(63-57(60)50-46-42-38-34-30-23-18-16-14-12-10-8-6-2)52-62-56(59)49-45-41-37-33-29-26-22-24-27-31-35-39-43-47-53(3)4/h53-54H,5-52H2,1-4H3/t54-/m0/s1. The molecule has 0 radical (unpaired) electrons. The molecule has 0 N–H and O–H groups in total. The predicted molar refractivity (Wildman–Crippen MR) is 270 cm³/mol. The third kappa shape index (κ3) is 51.3. The molecule has 0 saturated heterocycles. The Kier molecular flexibility index (Phi) is 50.1. The quantitative estimate of drug-likeness (QED) is 0.0344. The number of rotatable bonds is 52. The number of hydrogen-bond acceptors (Lipinski definition) is 6. The van der Waals surface area contributed by atoms with Crippen LogP contribution >= 0.6 is 0 Å². The maximum Gasteiger partial charge on any atom is 0.306 e. The van der Waals surface area contributed by atoms with Gasteiger partial charge in [0.05, 0.1) is 0 Å². The number of carbonyl (C=O) groups is 3. The zero-order chi connectivity index (χ0) is 45.9. The molecule has 0 saturated carbocycles. The van der Waals surface area contributed by atoms with Crippen LogP contribution in [-0.4, -0.2) is 37.2 Å². The summed E-state index contributed by atoms with van der Waals surface area (Å²) in [7, 11) is 0. The fraction of sp³-hybridized carbons (Fsp3) is 0.947. The Bertz CT molecular complexity index is 949. The summed E-state index contributed by atoms with van der Waals surface area (Å²) >= 11 is 0. The van der Waals surface area contributed by atoms with E-state index in [2.05, 4.69) is 27.7 Å². The number of esters is 3. The normalized spacial score (nSPS) is 12.0. The first-order chi connectivity index (χ1) is 30.9. The van der Waals surface area contributed by atoms with Crippen LogP contribution in [0.4, 0.5) is 0 Å². The molecule has 0 amide bonds. The van der Waals surface area contributed by atoms with Crippen LogP contribution in [0.15, 0.2) is 0 Å². The van der Waals surface area contributed by atoms with Crippen LogP contribution in [0, 0.1) is 5.92 Å². The fourth-order valence-corrected chi connectivity index (χ4v) is 8.75. The van der Waals surface area contributed by atoms with Gasteiger partial charge in [0.25, 0.3) is 0 Å². The third-order valence-electron chi connectivity index (χ3n) is 13.0. The molecule has 1 atom stereocenters. The van der Waals surface area contributed by atoms with Gasteiger partial charge in [-0.15, -0.1) is 0 Å². The van der Waals surface area contributed by atoms with Gasteiger partial charge in [0.15, 0.2) is 6.10 Å². The van der Waals surface area contributed by atoms with Gasteiger partial charge in [0.2, 0.25) is 0 Å². The molecule has 0 aromatic heterocycles. The molecule has 0 aromatic carbocycles. The molecule has 0 aliphatic carbocycles. The molecule has 0 aliphatic rings. The topological polar surface area (TPSA) is 78.9 Å². The van der Waals surface area contributed by atoms with Crippen molar-refractivity contribution in [3.63, 3.8) is 0 Å². The predicted octanol–water partition coefficient (Wildman–Crippen LogP) is 18.6. The van der Waals surface area contributed by atoms with Crippen molar-refractivity contribution in [3.8, 4) is 0 Å². The zero-order valence-electron chi connectivity index (χ0n) is 43.0. The molecular formula is C57H110O6. The molecule has 374 valence electrons. The second kappa shape index (κ2) is 51.4. The van der Waals surface area contributed by atoms with Crippen molar-refractivity contribution in [1.29, 1.82) is 0 Å². The Balaban J connectivity index is 4.28. The highest BCUT2D eigenvalue weighted by Gasteiger charge is 2.19. The molecule has 6 nitrogen and oxygen atoms in total. The Morgan fingerprint density at radius 2 is 0.524 bits per heavy atom. The van der Waals surface area contributed by atoms with Gasteiger partial charge in [-0.25, -0.2) is 0 Å². The van der Waals surface area contributed by atoms with Gasteiger partial charge in [-0.1, -0.05) is 285 Å². The third-order valence-corrected chi connectivity index (χ3v) is 13.0. The lowest BCUT2D eigenvalue weighted by molar-refractivity contribution is -0.167. The van der Waals surface area contributed by atoms with Crippen molar-refractivity contribution in [2.24, 2.45) is 5.92 Å². The van der Waals surface area contributed by atoms with Crippen LogP contribution in [0.5, 0.6) is 0 Å². The largest absolute Gasteiger partial charge is 0.462 e. The second-order valence-electron chi connectivity index (χ2n) is 20.1. The van der Waals surface area contributed by atoms with E-state index in [1.54, 1.807) is 0 Å². The Morgan fingerprint density at radius 1 is 0.302 bits per heavy atom. The Labute approximate surface area is 393 Å². The minimum absolute atomic E-state index is 0.0619. The number of ether oxygens (including phenoxy) is 3. The maximum absolute atomic E-state index is 12.8. The first-order valence-electron chi connectivity index (χ1n) is 28.4. The molecule has 6 heteroatoms. The van der Waals surface area contributed by atoms with Crippen molar-refractivity contribution in [1.82, 2.24) is 0 Å². The van der Waals surface area contributed by atoms with Crippen LogP contribution in [0.2, 0.25) is 0 Å². The lowest BCUT2D eigenvalue weighted by atomic mass is 10.0. The highest BCUT2D eigenvalue weighted by atomic mass is 16.6. The van der Waals surface area contributed by atoms with Gasteiger partial charge in [-0.2, -0.15) is 0 Å². The lowest BCUT2D eigenvalue weighted by Crippen LogP contribution is -2.30. The van der Waals surface area contributed by atoms with Crippen LogP contribution < -0.4 is 0 Å². The van der Waals surface area contributed by atoms with Gasteiger partial charge in [0.1, 0.15) is 13.2 Å². The molecule has 0 bridgehead atoms. The molecule has 0 aliphatic heterocycles. The molecule has 0 unspecified atom stereocenters. The minimum Gasteiger partial charge on any atom is -0.462 e. The Hall–Kier alpha value is -1.59. The van der Waals surface area contributed by atoms with Crippen molar-refractivity contribution in [2.75, 3.05) is 13.2 Å². The van der Waals surface area contributed by atoms with E-state index < -0.39 is 6.10 Å². The molecule has 0 aromatic rings. The van der Waals surface area contributed by atoms with Crippen LogP contribution in [-0.2, 0) is 28.6 Å². The van der Waals surface area contributed by atoms with Gasteiger partial charge in [0, 0.05) is 19.3 Å². The lowest BCUT2D eigenvalue weighted by Gasteiger charge is -2.18. The van der Waals surface area contributed by atoms with Crippen LogP contribution in [0.3, 0.4) is 0 Å². The molecule has 0 rings (SSSR count). The summed E-state index contributed by atoms with van der Waals surface area (Å²) in [4.78, 5) is 38.1. The van der Waals surface area contributed by atoms with E-state index in [1.807, 2.05) is 0 Å². The average molecular weight is 892 g/mol. The van der Waals surface area contributed by atoms with Crippen molar-refractivity contribution >= 4 is 17.9 Å². The van der Waals surface area contributed by atoms with E-state index in [-0.39, 0.29) is 31.1 Å². The molecule has 0 fully saturated rings. The Morgan fingerprint density at radius 3 is 0.778 bits per heavy atom. The summed E-state index contributed by atoms with van der Waals surface area (Å²) in [5.41, 5.74) is 0. The van der Waals surface area contributed by atoms with E-state index in [1.165, 1.54) is 218 Å². The first-order valence-corrected chi connectivity index (χ1v) is 28.4. The van der Waals surface area contributed by atoms with Crippen molar-refractivity contribution < 1.29 is 28.6 Å². The molecule has 63 heavy (non-hydrogen) atoms. The monoisotopic (exact) mass is 891 g/mol. The molecular weight excluding hydrogens is 781 g/mol. The fourth-order valence-electron chi connectivity index (χ4n) is 8.75. The summed E-state index contributed by atoms with van der Waals surface area (Å²) in [5.74, 6) is 0.00336. The first kappa shape index (κ1) is 61.4. The van der Waals surface area contributed by atoms with E-state index in [0.29, 0.717) is 19.3 Å². The van der Waals surface area contributed by atoms with Crippen molar-refractivity contribution in [3.05, 3.63) is 0 Å². The number of unbranched alkanes of at least 4 members (excludes halogenated alkanes) is 39. The van der Waals surface area contributed by atoms with Gasteiger partial charge >= 0.3 is 17.9 Å². The number of hydrogen-bond donors (Lipinski definition) is 0. The summed E-state index contributed by atoms with van der Waals surface area (Å²) in [5, 5.41) is 0. The van der Waals surface area contributed by atoms with E-state index >= 15 is 0 Å². The zero-order valence-corrected chi connectivity index (χ0v) is 43.0.